The number of benzene rings is 1. The molecule has 1 saturated carbocycles. The van der Waals surface area contributed by atoms with Crippen LogP contribution in [0.2, 0.25) is 0 Å². The highest BCUT2D eigenvalue weighted by Crippen LogP contribution is 2.33. The third-order valence-corrected chi connectivity index (χ3v) is 5.39. The number of nitrogens with zero attached hydrogens (tertiary/aromatic N) is 1. The maximum absolute atomic E-state index is 12.5. The van der Waals surface area contributed by atoms with Crippen molar-refractivity contribution in [3.05, 3.63) is 50.4 Å². The van der Waals surface area contributed by atoms with E-state index >= 15 is 0 Å². The molecule has 0 atom stereocenters. The number of nitrogens with one attached hydrogen (secondary N) is 2. The lowest BCUT2D eigenvalue weighted by molar-refractivity contribution is -0.385. The molecule has 0 bridgehead atoms. The Morgan fingerprint density at radius 3 is 2.62 bits per heavy atom. The summed E-state index contributed by atoms with van der Waals surface area (Å²) in [6.45, 7) is 3.63. The Hall–Kier alpha value is -2.74. The van der Waals surface area contributed by atoms with E-state index in [1.165, 1.54) is 17.4 Å². The topological polar surface area (TPSA) is 101 Å². The highest BCUT2D eigenvalue weighted by molar-refractivity contribution is 7.18. The van der Waals surface area contributed by atoms with Crippen LogP contribution in [-0.4, -0.2) is 16.7 Å². The van der Waals surface area contributed by atoms with E-state index in [9.17, 15) is 19.7 Å². The lowest BCUT2D eigenvalue weighted by Crippen LogP contribution is -2.12. The molecule has 1 aliphatic carbocycles. The monoisotopic (exact) mass is 373 g/mol. The standard InChI is InChI=1S/C18H19N3O4S/c1-3-11-6-7-13(9-14(11)21(24)25)19-18(23)16-10(2)8-15(26-16)20-17(22)12-4-5-12/h6-9,12H,3-5H2,1-2H3,(H,19,23)(H,20,22). The third kappa shape index (κ3) is 3.91. The van der Waals surface area contributed by atoms with Crippen LogP contribution in [0.1, 0.15) is 40.6 Å². The Balaban J connectivity index is 1.75. The molecule has 0 spiro atoms. The molecule has 136 valence electrons. The Kier molecular flexibility index (Phi) is 5.03. The smallest absolute Gasteiger partial charge is 0.274 e. The zero-order valence-electron chi connectivity index (χ0n) is 14.5. The molecule has 2 aromatic rings. The highest BCUT2D eigenvalue weighted by Gasteiger charge is 2.30. The van der Waals surface area contributed by atoms with Crippen LogP contribution in [0.25, 0.3) is 0 Å². The van der Waals surface area contributed by atoms with Gasteiger partial charge in [-0.1, -0.05) is 13.0 Å². The molecular formula is C18H19N3O4S. The van der Waals surface area contributed by atoms with Gasteiger partial charge in [-0.05, 0) is 43.9 Å². The fourth-order valence-electron chi connectivity index (χ4n) is 2.64. The van der Waals surface area contributed by atoms with Crippen molar-refractivity contribution in [2.24, 2.45) is 5.92 Å². The number of amides is 2. The largest absolute Gasteiger partial charge is 0.321 e. The van der Waals surface area contributed by atoms with Gasteiger partial charge in [0.15, 0.2) is 0 Å². The fourth-order valence-corrected chi connectivity index (χ4v) is 3.61. The van der Waals surface area contributed by atoms with Gasteiger partial charge in [-0.2, -0.15) is 0 Å². The highest BCUT2D eigenvalue weighted by atomic mass is 32.1. The van der Waals surface area contributed by atoms with Crippen LogP contribution >= 0.6 is 11.3 Å². The van der Waals surface area contributed by atoms with Gasteiger partial charge in [0.25, 0.3) is 11.6 Å². The zero-order valence-corrected chi connectivity index (χ0v) is 15.3. The van der Waals surface area contributed by atoms with Crippen molar-refractivity contribution in [1.82, 2.24) is 0 Å². The molecule has 1 aromatic heterocycles. The van der Waals surface area contributed by atoms with E-state index in [0.717, 1.165) is 18.4 Å². The third-order valence-electron chi connectivity index (χ3n) is 4.24. The van der Waals surface area contributed by atoms with Crippen molar-refractivity contribution >= 4 is 39.5 Å². The van der Waals surface area contributed by atoms with Gasteiger partial charge in [0, 0.05) is 23.2 Å². The SMILES string of the molecule is CCc1ccc(NC(=O)c2sc(NC(=O)C3CC3)cc2C)cc1[N+](=O)[O-]. The van der Waals surface area contributed by atoms with Crippen LogP contribution in [0.4, 0.5) is 16.4 Å². The van der Waals surface area contributed by atoms with Crippen LogP contribution in [0.3, 0.4) is 0 Å². The van der Waals surface area contributed by atoms with E-state index < -0.39 is 4.92 Å². The minimum absolute atomic E-state index is 0.00872. The van der Waals surface area contributed by atoms with Crippen molar-refractivity contribution in [2.45, 2.75) is 33.1 Å². The van der Waals surface area contributed by atoms with E-state index in [-0.39, 0.29) is 23.4 Å². The Labute approximate surface area is 154 Å². The van der Waals surface area contributed by atoms with Crippen LogP contribution in [0.5, 0.6) is 0 Å². The van der Waals surface area contributed by atoms with Crippen LogP contribution in [0.15, 0.2) is 24.3 Å². The van der Waals surface area contributed by atoms with E-state index in [4.69, 9.17) is 0 Å². The Bertz CT molecular complexity index is 887. The number of anilines is 2. The minimum Gasteiger partial charge on any atom is -0.321 e. The summed E-state index contributed by atoms with van der Waals surface area (Å²) in [7, 11) is 0. The summed E-state index contributed by atoms with van der Waals surface area (Å²) in [5.41, 5.74) is 1.73. The van der Waals surface area contributed by atoms with Crippen molar-refractivity contribution < 1.29 is 14.5 Å². The molecule has 8 heteroatoms. The molecule has 1 aromatic carbocycles. The first kappa shape index (κ1) is 18.1. The molecule has 3 rings (SSSR count). The second-order valence-corrected chi connectivity index (χ2v) is 7.35. The molecular weight excluding hydrogens is 354 g/mol. The zero-order chi connectivity index (χ0) is 18.8. The molecule has 7 nitrogen and oxygen atoms in total. The quantitative estimate of drug-likeness (QED) is 0.587. The number of rotatable bonds is 6. The summed E-state index contributed by atoms with van der Waals surface area (Å²) in [4.78, 5) is 35.6. The molecule has 0 saturated heterocycles. The maximum atomic E-state index is 12.5. The van der Waals surface area contributed by atoms with Crippen LogP contribution < -0.4 is 10.6 Å². The maximum Gasteiger partial charge on any atom is 0.274 e. The van der Waals surface area contributed by atoms with Crippen LogP contribution in [0, 0.1) is 23.0 Å². The molecule has 1 aliphatic rings. The molecule has 0 radical (unpaired) electrons. The van der Waals surface area contributed by atoms with Crippen molar-refractivity contribution in [2.75, 3.05) is 10.6 Å². The fraction of sp³-hybridized carbons (Fsp3) is 0.333. The van der Waals surface area contributed by atoms with Gasteiger partial charge in [-0.3, -0.25) is 19.7 Å². The number of hydrogen-bond donors (Lipinski definition) is 2. The van der Waals surface area contributed by atoms with E-state index in [1.54, 1.807) is 25.1 Å². The first-order valence-electron chi connectivity index (χ1n) is 8.39. The number of hydrogen-bond acceptors (Lipinski definition) is 5. The molecule has 0 unspecified atom stereocenters. The lowest BCUT2D eigenvalue weighted by atomic mass is 10.1. The summed E-state index contributed by atoms with van der Waals surface area (Å²) >= 11 is 1.20. The van der Waals surface area contributed by atoms with E-state index in [2.05, 4.69) is 10.6 Å². The number of aryl methyl sites for hydroxylation is 2. The summed E-state index contributed by atoms with van der Waals surface area (Å²) in [6, 6.07) is 6.44. The van der Waals surface area contributed by atoms with Gasteiger partial charge >= 0.3 is 0 Å². The number of nitro benzene ring substituents is 1. The van der Waals surface area contributed by atoms with Gasteiger partial charge in [-0.25, -0.2) is 0 Å². The van der Waals surface area contributed by atoms with Crippen LogP contribution in [-0.2, 0) is 11.2 Å². The van der Waals surface area contributed by atoms with Crippen molar-refractivity contribution in [3.8, 4) is 0 Å². The number of nitro groups is 1. The van der Waals surface area contributed by atoms with Crippen molar-refractivity contribution in [1.29, 1.82) is 0 Å². The molecule has 1 heterocycles. The Morgan fingerprint density at radius 2 is 2.00 bits per heavy atom. The van der Waals surface area contributed by atoms with Crippen molar-refractivity contribution in [3.63, 3.8) is 0 Å². The molecule has 2 amide bonds. The summed E-state index contributed by atoms with van der Waals surface area (Å²) < 4.78 is 0. The van der Waals surface area contributed by atoms with Gasteiger partial charge < -0.3 is 10.6 Å². The van der Waals surface area contributed by atoms with Gasteiger partial charge in [-0.15, -0.1) is 11.3 Å². The summed E-state index contributed by atoms with van der Waals surface area (Å²) in [6.07, 6.45) is 2.37. The van der Waals surface area contributed by atoms with Gasteiger partial charge in [0.05, 0.1) is 14.8 Å². The second kappa shape index (κ2) is 7.25. The van der Waals surface area contributed by atoms with E-state index in [0.29, 0.717) is 27.5 Å². The van der Waals surface area contributed by atoms with Gasteiger partial charge in [0.1, 0.15) is 0 Å². The second-order valence-electron chi connectivity index (χ2n) is 6.29. The number of thiophene rings is 1. The normalized spacial score (nSPS) is 13.3. The average molecular weight is 373 g/mol. The first-order valence-corrected chi connectivity index (χ1v) is 9.20. The molecule has 26 heavy (non-hydrogen) atoms. The average Bonchev–Trinajstić information content (AvgIpc) is 3.38. The first-order chi connectivity index (χ1) is 12.4. The summed E-state index contributed by atoms with van der Waals surface area (Å²) in [5, 5.41) is 17.3. The lowest BCUT2D eigenvalue weighted by Gasteiger charge is -2.06. The molecule has 2 N–H and O–H groups in total. The Morgan fingerprint density at radius 1 is 1.27 bits per heavy atom. The summed E-state index contributed by atoms with van der Waals surface area (Å²) in [5.74, 6) is -0.269. The predicted octanol–water partition coefficient (Wildman–Crippen LogP) is 4.13. The van der Waals surface area contributed by atoms with E-state index in [1.807, 2.05) is 6.92 Å². The molecule has 1 fully saturated rings. The predicted molar refractivity (Wildman–Crippen MR) is 101 cm³/mol. The number of carbonyl (C=O) groups excluding carboxylic acids is 2. The number of carbonyl (C=O) groups is 2. The molecule has 0 aliphatic heterocycles. The van der Waals surface area contributed by atoms with Gasteiger partial charge in [0.2, 0.25) is 5.91 Å². The minimum atomic E-state index is -0.448.